The van der Waals surface area contributed by atoms with Crippen molar-refractivity contribution in [1.29, 1.82) is 0 Å². The zero-order valence-electron chi connectivity index (χ0n) is 13.0. The Morgan fingerprint density at radius 1 is 1.50 bits per heavy atom. The van der Waals surface area contributed by atoms with Gasteiger partial charge in [-0.25, -0.2) is 9.78 Å². The molecular weight excluding hydrogens is 312 g/mol. The van der Waals surface area contributed by atoms with E-state index in [1.54, 1.807) is 12.1 Å². The second-order valence-corrected chi connectivity index (χ2v) is 5.32. The molecule has 8 heteroatoms. The van der Waals surface area contributed by atoms with Crippen LogP contribution in [0.25, 0.3) is 17.2 Å². The van der Waals surface area contributed by atoms with Crippen LogP contribution < -0.4 is 10.1 Å². The van der Waals surface area contributed by atoms with Crippen molar-refractivity contribution in [2.45, 2.75) is 18.9 Å². The van der Waals surface area contributed by atoms with E-state index in [0.29, 0.717) is 29.1 Å². The predicted molar refractivity (Wildman–Crippen MR) is 85.6 cm³/mol. The summed E-state index contributed by atoms with van der Waals surface area (Å²) in [5.41, 5.74) is 1.93. The van der Waals surface area contributed by atoms with Crippen molar-refractivity contribution >= 4 is 18.1 Å². The number of methoxy groups -OCH3 is 1. The second-order valence-electron chi connectivity index (χ2n) is 5.32. The Labute approximate surface area is 137 Å². The molecule has 1 aliphatic heterocycles. The smallest absolute Gasteiger partial charge is 0.432 e. The molecule has 2 aromatic rings. The molecule has 0 spiro atoms. The standard InChI is InChI=1S/C16H16N4O4/c1-24-15-13(10-8-17-20(9-10)16(22)23)6-4-12(19-15)3-2-11-5-7-14(21)18-11/h2-4,6,8-9,11H,5,7H2,1H3,(H,18,21)(H,22,23)/b3-2-/t11-/m0/s1. The first-order valence-electron chi connectivity index (χ1n) is 7.38. The van der Waals surface area contributed by atoms with E-state index in [0.717, 1.165) is 11.1 Å². The quantitative estimate of drug-likeness (QED) is 0.886. The van der Waals surface area contributed by atoms with E-state index in [4.69, 9.17) is 9.84 Å². The Balaban J connectivity index is 1.83. The van der Waals surface area contributed by atoms with Crippen LogP contribution in [-0.4, -0.2) is 45.0 Å². The number of nitrogens with one attached hydrogen (secondary N) is 1. The monoisotopic (exact) mass is 328 g/mol. The Kier molecular flexibility index (Phi) is 4.28. The van der Waals surface area contributed by atoms with E-state index in [9.17, 15) is 9.59 Å². The van der Waals surface area contributed by atoms with Gasteiger partial charge in [0.1, 0.15) is 0 Å². The Bertz CT molecular complexity index is 812. The topological polar surface area (TPSA) is 106 Å². The van der Waals surface area contributed by atoms with Crippen LogP contribution in [0.4, 0.5) is 4.79 Å². The van der Waals surface area contributed by atoms with E-state index >= 15 is 0 Å². The number of ether oxygens (including phenoxy) is 1. The van der Waals surface area contributed by atoms with Crippen LogP contribution >= 0.6 is 0 Å². The van der Waals surface area contributed by atoms with Crippen LogP contribution in [0.3, 0.4) is 0 Å². The van der Waals surface area contributed by atoms with Gasteiger partial charge in [-0.05, 0) is 24.6 Å². The third-order valence-corrected chi connectivity index (χ3v) is 3.69. The molecule has 3 heterocycles. The third-order valence-electron chi connectivity index (χ3n) is 3.69. The lowest BCUT2D eigenvalue weighted by atomic mass is 10.1. The van der Waals surface area contributed by atoms with Gasteiger partial charge in [0.15, 0.2) is 0 Å². The molecule has 0 bridgehead atoms. The van der Waals surface area contributed by atoms with Gasteiger partial charge in [-0.15, -0.1) is 0 Å². The fourth-order valence-corrected chi connectivity index (χ4v) is 2.49. The summed E-state index contributed by atoms with van der Waals surface area (Å²) in [5.74, 6) is 0.429. The fourth-order valence-electron chi connectivity index (χ4n) is 2.49. The maximum Gasteiger partial charge on any atom is 0.432 e. The van der Waals surface area contributed by atoms with Gasteiger partial charge in [0.05, 0.1) is 19.0 Å². The molecule has 0 unspecified atom stereocenters. The molecule has 8 nitrogen and oxygen atoms in total. The SMILES string of the molecule is COc1nc(/C=C\[C@H]2CCC(=O)N2)ccc1-c1cnn(C(=O)O)c1. The lowest BCUT2D eigenvalue weighted by Gasteiger charge is -2.07. The number of hydrogen-bond acceptors (Lipinski definition) is 5. The number of aromatic nitrogens is 3. The van der Waals surface area contributed by atoms with Gasteiger partial charge in [0, 0.05) is 29.8 Å². The first-order chi connectivity index (χ1) is 11.6. The van der Waals surface area contributed by atoms with Crippen molar-refractivity contribution in [3.63, 3.8) is 0 Å². The number of carboxylic acid groups (broad SMARTS) is 1. The summed E-state index contributed by atoms with van der Waals surface area (Å²) in [5, 5.41) is 15.5. The largest absolute Gasteiger partial charge is 0.481 e. The van der Waals surface area contributed by atoms with Gasteiger partial charge in [-0.1, -0.05) is 6.08 Å². The van der Waals surface area contributed by atoms with Crippen molar-refractivity contribution < 1.29 is 19.4 Å². The summed E-state index contributed by atoms with van der Waals surface area (Å²) in [6, 6.07) is 3.62. The Morgan fingerprint density at radius 2 is 2.33 bits per heavy atom. The summed E-state index contributed by atoms with van der Waals surface area (Å²) in [6.07, 6.45) is 6.71. The molecule has 0 saturated carbocycles. The highest BCUT2D eigenvalue weighted by atomic mass is 16.5. The zero-order chi connectivity index (χ0) is 17.1. The first kappa shape index (κ1) is 15.7. The Morgan fingerprint density at radius 3 is 2.96 bits per heavy atom. The minimum Gasteiger partial charge on any atom is -0.481 e. The lowest BCUT2D eigenvalue weighted by molar-refractivity contribution is -0.119. The number of carbonyl (C=O) groups is 2. The first-order valence-corrected chi connectivity index (χ1v) is 7.38. The summed E-state index contributed by atoms with van der Waals surface area (Å²) >= 11 is 0. The highest BCUT2D eigenvalue weighted by Crippen LogP contribution is 2.28. The van der Waals surface area contributed by atoms with Crippen LogP contribution in [0, 0.1) is 0 Å². The van der Waals surface area contributed by atoms with Gasteiger partial charge < -0.3 is 15.2 Å². The van der Waals surface area contributed by atoms with Crippen molar-refractivity contribution in [2.24, 2.45) is 0 Å². The van der Waals surface area contributed by atoms with E-state index in [1.807, 2.05) is 12.2 Å². The molecule has 0 aromatic carbocycles. The molecule has 0 radical (unpaired) electrons. The molecule has 1 atom stereocenters. The summed E-state index contributed by atoms with van der Waals surface area (Å²) in [6.45, 7) is 0. The van der Waals surface area contributed by atoms with E-state index in [-0.39, 0.29) is 11.9 Å². The van der Waals surface area contributed by atoms with Gasteiger partial charge >= 0.3 is 6.09 Å². The van der Waals surface area contributed by atoms with Gasteiger partial charge in [-0.2, -0.15) is 9.78 Å². The highest BCUT2D eigenvalue weighted by molar-refractivity contribution is 5.79. The van der Waals surface area contributed by atoms with Crippen molar-refractivity contribution in [2.75, 3.05) is 7.11 Å². The molecule has 124 valence electrons. The number of amides is 1. The van der Waals surface area contributed by atoms with Gasteiger partial charge in [0.2, 0.25) is 11.8 Å². The van der Waals surface area contributed by atoms with Crippen LogP contribution in [0.15, 0.2) is 30.6 Å². The van der Waals surface area contributed by atoms with Crippen molar-refractivity contribution in [3.8, 4) is 17.0 Å². The molecule has 1 aliphatic rings. The Hall–Kier alpha value is -3.16. The number of pyridine rings is 1. The molecule has 1 fully saturated rings. The molecule has 0 aliphatic carbocycles. The number of rotatable bonds is 4. The fraction of sp³-hybridized carbons (Fsp3) is 0.250. The number of carbonyl (C=O) groups excluding carboxylic acids is 1. The van der Waals surface area contributed by atoms with Crippen molar-refractivity contribution in [3.05, 3.63) is 36.3 Å². The summed E-state index contributed by atoms with van der Waals surface area (Å²) in [7, 11) is 1.50. The minimum absolute atomic E-state index is 0.0266. The van der Waals surface area contributed by atoms with Crippen LogP contribution in [0.5, 0.6) is 5.88 Å². The van der Waals surface area contributed by atoms with Crippen LogP contribution in [0.1, 0.15) is 18.5 Å². The van der Waals surface area contributed by atoms with E-state index in [1.165, 1.54) is 19.5 Å². The van der Waals surface area contributed by atoms with Crippen LogP contribution in [-0.2, 0) is 4.79 Å². The second kappa shape index (κ2) is 6.53. The highest BCUT2D eigenvalue weighted by Gasteiger charge is 2.18. The number of hydrogen-bond donors (Lipinski definition) is 2. The molecule has 2 aromatic heterocycles. The van der Waals surface area contributed by atoms with Gasteiger partial charge in [0.25, 0.3) is 0 Å². The summed E-state index contributed by atoms with van der Waals surface area (Å²) < 4.78 is 6.12. The van der Waals surface area contributed by atoms with Gasteiger partial charge in [-0.3, -0.25) is 4.79 Å². The molecule has 2 N–H and O–H groups in total. The molecule has 1 amide bonds. The average molecular weight is 328 g/mol. The predicted octanol–water partition coefficient (Wildman–Crippen LogP) is 1.77. The van der Waals surface area contributed by atoms with E-state index < -0.39 is 6.09 Å². The lowest BCUT2D eigenvalue weighted by Crippen LogP contribution is -2.22. The average Bonchev–Trinajstić information content (AvgIpc) is 3.21. The molecule has 1 saturated heterocycles. The molecular formula is C16H16N4O4. The normalized spacial score (nSPS) is 17.2. The summed E-state index contributed by atoms with van der Waals surface area (Å²) in [4.78, 5) is 26.5. The van der Waals surface area contributed by atoms with Crippen LogP contribution in [0.2, 0.25) is 0 Å². The molecule has 24 heavy (non-hydrogen) atoms. The minimum atomic E-state index is -1.16. The van der Waals surface area contributed by atoms with Crippen molar-refractivity contribution in [1.82, 2.24) is 20.1 Å². The maximum absolute atomic E-state index is 11.2. The number of nitrogens with zero attached hydrogens (tertiary/aromatic N) is 3. The van der Waals surface area contributed by atoms with E-state index in [2.05, 4.69) is 15.4 Å². The molecule has 3 rings (SSSR count). The maximum atomic E-state index is 11.2. The zero-order valence-corrected chi connectivity index (χ0v) is 13.0. The third kappa shape index (κ3) is 3.27.